The maximum Gasteiger partial charge on any atom is 0.261 e. The number of benzene rings is 1. The quantitative estimate of drug-likeness (QED) is 0.808. The largest absolute Gasteiger partial charge is 0.493 e. The fraction of sp³-hybridized carbons (Fsp3) is 0.562. The molecule has 0 radical (unpaired) electrons. The number of para-hydroxylation sites is 1. The molecule has 0 spiro atoms. The summed E-state index contributed by atoms with van der Waals surface area (Å²) in [6.45, 7) is 8.02. The Hall–Kier alpha value is -1.75. The van der Waals surface area contributed by atoms with E-state index in [0.29, 0.717) is 18.0 Å². The molecule has 3 N–H and O–H groups in total. The van der Waals surface area contributed by atoms with E-state index in [4.69, 9.17) is 15.2 Å². The van der Waals surface area contributed by atoms with Gasteiger partial charge in [-0.1, -0.05) is 19.1 Å². The number of carbonyl (C=O) groups excluding carboxylic acids is 1. The molecule has 21 heavy (non-hydrogen) atoms. The minimum absolute atomic E-state index is 0.157. The first-order chi connectivity index (χ1) is 9.84. The molecule has 1 rings (SSSR count). The molecule has 5 nitrogen and oxygen atoms in total. The van der Waals surface area contributed by atoms with Crippen LogP contribution in [0.5, 0.6) is 11.5 Å². The minimum Gasteiger partial charge on any atom is -0.493 e. The molecule has 0 bridgehead atoms. The number of amides is 1. The fourth-order valence-electron chi connectivity index (χ4n) is 1.77. The fourth-order valence-corrected chi connectivity index (χ4v) is 1.77. The summed E-state index contributed by atoms with van der Waals surface area (Å²) in [7, 11) is 1.56. The van der Waals surface area contributed by atoms with E-state index in [1.54, 1.807) is 20.1 Å². The number of nitrogens with one attached hydrogen (secondary N) is 1. The molecule has 1 aromatic rings. The summed E-state index contributed by atoms with van der Waals surface area (Å²) in [4.78, 5) is 12.2. The highest BCUT2D eigenvalue weighted by atomic mass is 16.5. The summed E-state index contributed by atoms with van der Waals surface area (Å²) >= 11 is 0. The summed E-state index contributed by atoms with van der Waals surface area (Å²) in [6, 6.07) is 5.49. The zero-order valence-corrected chi connectivity index (χ0v) is 13.5. The second-order valence-corrected chi connectivity index (χ2v) is 5.64. The van der Waals surface area contributed by atoms with Crippen molar-refractivity contribution in [2.75, 3.05) is 7.11 Å². The molecule has 0 fully saturated rings. The molecule has 0 aliphatic carbocycles. The van der Waals surface area contributed by atoms with Crippen molar-refractivity contribution in [3.05, 3.63) is 23.8 Å². The Morgan fingerprint density at radius 1 is 1.43 bits per heavy atom. The van der Waals surface area contributed by atoms with Gasteiger partial charge >= 0.3 is 0 Å². The predicted molar refractivity (Wildman–Crippen MR) is 83.5 cm³/mol. The summed E-state index contributed by atoms with van der Waals surface area (Å²) in [5.41, 5.74) is 6.26. The van der Waals surface area contributed by atoms with Crippen molar-refractivity contribution in [1.82, 2.24) is 5.32 Å². The van der Waals surface area contributed by atoms with Crippen molar-refractivity contribution in [3.63, 3.8) is 0 Å². The molecule has 1 amide bonds. The number of methoxy groups -OCH3 is 1. The zero-order chi connectivity index (χ0) is 16.0. The third kappa shape index (κ3) is 4.63. The van der Waals surface area contributed by atoms with Gasteiger partial charge in [-0.15, -0.1) is 0 Å². The minimum atomic E-state index is -0.627. The third-order valence-electron chi connectivity index (χ3n) is 3.51. The van der Waals surface area contributed by atoms with Crippen LogP contribution in [0.3, 0.4) is 0 Å². The van der Waals surface area contributed by atoms with E-state index < -0.39 is 6.10 Å². The molecule has 1 aromatic carbocycles. The van der Waals surface area contributed by atoms with Crippen LogP contribution >= 0.6 is 0 Å². The predicted octanol–water partition coefficient (Wildman–Crippen LogP) is 2.23. The van der Waals surface area contributed by atoms with Crippen LogP contribution in [0.25, 0.3) is 0 Å². The molecule has 5 heteroatoms. The molecule has 1 unspecified atom stereocenters. The van der Waals surface area contributed by atoms with E-state index in [1.165, 1.54) is 0 Å². The summed E-state index contributed by atoms with van der Waals surface area (Å²) in [6.07, 6.45) is 0.214. The lowest BCUT2D eigenvalue weighted by Gasteiger charge is -2.27. The molecule has 0 saturated carbocycles. The van der Waals surface area contributed by atoms with Crippen molar-refractivity contribution in [2.24, 2.45) is 5.73 Å². The van der Waals surface area contributed by atoms with Crippen LogP contribution in [-0.4, -0.2) is 24.7 Å². The Bertz CT molecular complexity index is 464. The van der Waals surface area contributed by atoms with E-state index in [9.17, 15) is 4.79 Å². The van der Waals surface area contributed by atoms with E-state index in [0.717, 1.165) is 12.0 Å². The lowest BCUT2D eigenvalue weighted by Crippen LogP contribution is -2.48. The van der Waals surface area contributed by atoms with E-state index in [2.05, 4.69) is 5.32 Å². The standard InChI is InChI=1S/C16H26N2O3/c1-6-16(3,4)18-15(19)11(2)21-14-12(10-17)8-7-9-13(14)20-5/h7-9,11H,6,10,17H2,1-5H3,(H,18,19). The number of hydrogen-bond acceptors (Lipinski definition) is 4. The monoisotopic (exact) mass is 294 g/mol. The number of carbonyl (C=O) groups is 1. The van der Waals surface area contributed by atoms with Gasteiger partial charge in [0, 0.05) is 17.6 Å². The van der Waals surface area contributed by atoms with E-state index in [1.807, 2.05) is 32.9 Å². The van der Waals surface area contributed by atoms with Crippen LogP contribution in [-0.2, 0) is 11.3 Å². The second-order valence-electron chi connectivity index (χ2n) is 5.64. The first-order valence-electron chi connectivity index (χ1n) is 7.19. The van der Waals surface area contributed by atoms with Crippen molar-refractivity contribution in [2.45, 2.75) is 52.3 Å². The number of hydrogen-bond donors (Lipinski definition) is 2. The van der Waals surface area contributed by atoms with Crippen LogP contribution in [0.1, 0.15) is 39.7 Å². The maximum atomic E-state index is 12.2. The van der Waals surface area contributed by atoms with Gasteiger partial charge < -0.3 is 20.5 Å². The normalized spacial score (nSPS) is 12.7. The van der Waals surface area contributed by atoms with Crippen LogP contribution in [0.2, 0.25) is 0 Å². The molecule has 0 heterocycles. The Labute approximate surface area is 126 Å². The second kappa shape index (κ2) is 7.31. The SMILES string of the molecule is CCC(C)(C)NC(=O)C(C)Oc1c(CN)cccc1OC. The first-order valence-corrected chi connectivity index (χ1v) is 7.19. The van der Waals surface area contributed by atoms with Crippen LogP contribution in [0.15, 0.2) is 18.2 Å². The maximum absolute atomic E-state index is 12.2. The molecule has 0 aliphatic heterocycles. The number of rotatable bonds is 7. The van der Waals surface area contributed by atoms with Gasteiger partial charge in [-0.05, 0) is 33.3 Å². The summed E-state index contributed by atoms with van der Waals surface area (Å²) in [5.74, 6) is 0.947. The zero-order valence-electron chi connectivity index (χ0n) is 13.5. The van der Waals surface area contributed by atoms with Gasteiger partial charge in [0.05, 0.1) is 7.11 Å². The molecule has 0 aromatic heterocycles. The van der Waals surface area contributed by atoms with E-state index >= 15 is 0 Å². The summed E-state index contributed by atoms with van der Waals surface area (Å²) in [5, 5.41) is 2.96. The molecule has 0 saturated heterocycles. The topological polar surface area (TPSA) is 73.6 Å². The molecule has 118 valence electrons. The third-order valence-corrected chi connectivity index (χ3v) is 3.51. The molecular formula is C16H26N2O3. The summed E-state index contributed by atoms with van der Waals surface area (Å²) < 4.78 is 11.1. The van der Waals surface area contributed by atoms with Gasteiger partial charge in [0.2, 0.25) is 0 Å². The van der Waals surface area contributed by atoms with Crippen LogP contribution in [0, 0.1) is 0 Å². The highest BCUT2D eigenvalue weighted by molar-refractivity contribution is 5.81. The first kappa shape index (κ1) is 17.3. The Morgan fingerprint density at radius 2 is 2.10 bits per heavy atom. The highest BCUT2D eigenvalue weighted by Crippen LogP contribution is 2.31. The van der Waals surface area contributed by atoms with Crippen molar-refractivity contribution in [3.8, 4) is 11.5 Å². The number of ether oxygens (including phenoxy) is 2. The average Bonchev–Trinajstić information content (AvgIpc) is 2.46. The smallest absolute Gasteiger partial charge is 0.261 e. The van der Waals surface area contributed by atoms with E-state index in [-0.39, 0.29) is 11.4 Å². The molecule has 1 atom stereocenters. The highest BCUT2D eigenvalue weighted by Gasteiger charge is 2.24. The van der Waals surface area contributed by atoms with Crippen molar-refractivity contribution in [1.29, 1.82) is 0 Å². The lowest BCUT2D eigenvalue weighted by molar-refractivity contribution is -0.129. The van der Waals surface area contributed by atoms with Gasteiger partial charge in [-0.25, -0.2) is 0 Å². The van der Waals surface area contributed by atoms with Gasteiger partial charge in [-0.2, -0.15) is 0 Å². The number of nitrogens with two attached hydrogens (primary N) is 1. The van der Waals surface area contributed by atoms with Gasteiger partial charge in [-0.3, -0.25) is 4.79 Å². The lowest BCUT2D eigenvalue weighted by atomic mass is 10.0. The Balaban J connectivity index is 2.88. The van der Waals surface area contributed by atoms with Crippen LogP contribution < -0.4 is 20.5 Å². The Morgan fingerprint density at radius 3 is 2.62 bits per heavy atom. The average molecular weight is 294 g/mol. The van der Waals surface area contributed by atoms with Crippen molar-refractivity contribution >= 4 is 5.91 Å². The Kier molecular flexibility index (Phi) is 6.03. The van der Waals surface area contributed by atoms with Gasteiger partial charge in [0.15, 0.2) is 17.6 Å². The van der Waals surface area contributed by atoms with Crippen molar-refractivity contribution < 1.29 is 14.3 Å². The van der Waals surface area contributed by atoms with Gasteiger partial charge in [0.1, 0.15) is 0 Å². The van der Waals surface area contributed by atoms with Gasteiger partial charge in [0.25, 0.3) is 5.91 Å². The molecule has 0 aliphatic rings. The molecular weight excluding hydrogens is 268 g/mol. The van der Waals surface area contributed by atoms with Crippen LogP contribution in [0.4, 0.5) is 0 Å².